The van der Waals surface area contributed by atoms with E-state index >= 15 is 0 Å². The molecule has 0 heterocycles. The van der Waals surface area contributed by atoms with Crippen molar-refractivity contribution in [3.8, 4) is 5.75 Å². The standard InChI is InChI=1S/C16H27NO2/c1-6-13-8-7-9-14(10-13)19-15(12-18-5)11-17-16(2,3)4/h7-10,15,17H,6,11-12H2,1-5H3. The summed E-state index contributed by atoms with van der Waals surface area (Å²) in [6, 6.07) is 8.25. The first-order valence-corrected chi connectivity index (χ1v) is 6.94. The lowest BCUT2D eigenvalue weighted by molar-refractivity contribution is 0.0764. The molecule has 1 rings (SSSR count). The number of ether oxygens (including phenoxy) is 2. The highest BCUT2D eigenvalue weighted by Crippen LogP contribution is 2.15. The molecule has 0 aliphatic heterocycles. The smallest absolute Gasteiger partial charge is 0.134 e. The topological polar surface area (TPSA) is 30.5 Å². The van der Waals surface area contributed by atoms with E-state index in [0.29, 0.717) is 6.61 Å². The molecule has 0 aliphatic rings. The highest BCUT2D eigenvalue weighted by Gasteiger charge is 2.15. The van der Waals surface area contributed by atoms with E-state index in [1.54, 1.807) is 7.11 Å². The molecule has 0 saturated heterocycles. The number of nitrogens with one attached hydrogen (secondary N) is 1. The quantitative estimate of drug-likeness (QED) is 0.822. The maximum Gasteiger partial charge on any atom is 0.134 e. The minimum Gasteiger partial charge on any atom is -0.487 e. The summed E-state index contributed by atoms with van der Waals surface area (Å²) in [6.45, 7) is 9.94. The molecule has 1 atom stereocenters. The molecule has 0 spiro atoms. The van der Waals surface area contributed by atoms with Crippen molar-refractivity contribution in [2.24, 2.45) is 0 Å². The monoisotopic (exact) mass is 265 g/mol. The SMILES string of the molecule is CCc1cccc(OC(CNC(C)(C)C)COC)c1. The van der Waals surface area contributed by atoms with Crippen LogP contribution in [-0.2, 0) is 11.2 Å². The van der Waals surface area contributed by atoms with Gasteiger partial charge < -0.3 is 14.8 Å². The fourth-order valence-electron chi connectivity index (χ4n) is 1.77. The molecule has 108 valence electrons. The van der Waals surface area contributed by atoms with Gasteiger partial charge in [0.15, 0.2) is 0 Å². The zero-order valence-electron chi connectivity index (χ0n) is 12.8. The minimum absolute atomic E-state index is 0.0244. The predicted molar refractivity (Wildman–Crippen MR) is 79.9 cm³/mol. The van der Waals surface area contributed by atoms with Crippen LogP contribution in [0.2, 0.25) is 0 Å². The lowest BCUT2D eigenvalue weighted by Gasteiger charge is -2.25. The number of hydrogen-bond donors (Lipinski definition) is 1. The second kappa shape index (κ2) is 7.51. The van der Waals surface area contributed by atoms with Gasteiger partial charge in [-0.2, -0.15) is 0 Å². The zero-order chi connectivity index (χ0) is 14.3. The average Bonchev–Trinajstić information content (AvgIpc) is 2.35. The van der Waals surface area contributed by atoms with Crippen molar-refractivity contribution >= 4 is 0 Å². The Morgan fingerprint density at radius 2 is 2.00 bits per heavy atom. The van der Waals surface area contributed by atoms with Crippen molar-refractivity contribution in [3.05, 3.63) is 29.8 Å². The highest BCUT2D eigenvalue weighted by atomic mass is 16.5. The molecule has 0 radical (unpaired) electrons. The number of hydrogen-bond acceptors (Lipinski definition) is 3. The second-order valence-corrected chi connectivity index (χ2v) is 5.83. The van der Waals surface area contributed by atoms with Crippen LogP contribution >= 0.6 is 0 Å². The third-order valence-corrected chi connectivity index (χ3v) is 2.82. The van der Waals surface area contributed by atoms with E-state index in [9.17, 15) is 0 Å². The summed E-state index contributed by atoms with van der Waals surface area (Å²) in [7, 11) is 1.70. The van der Waals surface area contributed by atoms with Crippen molar-refractivity contribution in [2.75, 3.05) is 20.3 Å². The number of rotatable bonds is 7. The zero-order valence-corrected chi connectivity index (χ0v) is 12.8. The number of methoxy groups -OCH3 is 1. The molecule has 0 amide bonds. The molecule has 3 heteroatoms. The van der Waals surface area contributed by atoms with Crippen LogP contribution in [0.15, 0.2) is 24.3 Å². The molecule has 0 aromatic heterocycles. The van der Waals surface area contributed by atoms with E-state index in [1.807, 2.05) is 12.1 Å². The van der Waals surface area contributed by atoms with Gasteiger partial charge in [0, 0.05) is 19.2 Å². The summed E-state index contributed by atoms with van der Waals surface area (Å²) in [6.07, 6.45) is 1.04. The highest BCUT2D eigenvalue weighted by molar-refractivity contribution is 5.28. The summed E-state index contributed by atoms with van der Waals surface area (Å²) in [5.74, 6) is 0.914. The van der Waals surface area contributed by atoms with Crippen LogP contribution in [0.25, 0.3) is 0 Å². The van der Waals surface area contributed by atoms with Gasteiger partial charge in [0.1, 0.15) is 11.9 Å². The molecule has 1 aromatic rings. The summed E-state index contributed by atoms with van der Waals surface area (Å²) in [4.78, 5) is 0. The molecular weight excluding hydrogens is 238 g/mol. The molecule has 19 heavy (non-hydrogen) atoms. The van der Waals surface area contributed by atoms with Gasteiger partial charge in [0.25, 0.3) is 0 Å². The van der Waals surface area contributed by atoms with Crippen LogP contribution in [0.5, 0.6) is 5.75 Å². The Bertz CT molecular complexity index is 371. The molecule has 1 unspecified atom stereocenters. The Kier molecular flexibility index (Phi) is 6.32. The van der Waals surface area contributed by atoms with E-state index in [0.717, 1.165) is 18.7 Å². The van der Waals surface area contributed by atoms with Gasteiger partial charge >= 0.3 is 0 Å². The van der Waals surface area contributed by atoms with Gasteiger partial charge in [-0.25, -0.2) is 0 Å². The molecule has 3 nitrogen and oxygen atoms in total. The van der Waals surface area contributed by atoms with Gasteiger partial charge in [-0.15, -0.1) is 0 Å². The van der Waals surface area contributed by atoms with Crippen LogP contribution in [0.1, 0.15) is 33.3 Å². The van der Waals surface area contributed by atoms with E-state index in [4.69, 9.17) is 9.47 Å². The minimum atomic E-state index is 0.0244. The fraction of sp³-hybridized carbons (Fsp3) is 0.625. The fourth-order valence-corrected chi connectivity index (χ4v) is 1.77. The molecule has 1 N–H and O–H groups in total. The third-order valence-electron chi connectivity index (χ3n) is 2.82. The van der Waals surface area contributed by atoms with E-state index < -0.39 is 0 Å². The maximum absolute atomic E-state index is 6.01. The van der Waals surface area contributed by atoms with Crippen LogP contribution in [0.4, 0.5) is 0 Å². The maximum atomic E-state index is 6.01. The summed E-state index contributed by atoms with van der Waals surface area (Å²) in [5, 5.41) is 3.45. The van der Waals surface area contributed by atoms with Gasteiger partial charge in [-0.05, 0) is 44.9 Å². The average molecular weight is 265 g/mol. The van der Waals surface area contributed by atoms with Crippen molar-refractivity contribution < 1.29 is 9.47 Å². The second-order valence-electron chi connectivity index (χ2n) is 5.83. The lowest BCUT2D eigenvalue weighted by atomic mass is 10.1. The predicted octanol–water partition coefficient (Wildman–Crippen LogP) is 3.03. The lowest BCUT2D eigenvalue weighted by Crippen LogP contribution is -2.44. The molecule has 1 aromatic carbocycles. The van der Waals surface area contributed by atoms with E-state index in [-0.39, 0.29) is 11.6 Å². The largest absolute Gasteiger partial charge is 0.487 e. The van der Waals surface area contributed by atoms with Crippen molar-refractivity contribution in [1.82, 2.24) is 5.32 Å². The van der Waals surface area contributed by atoms with Gasteiger partial charge in [-0.1, -0.05) is 19.1 Å². The van der Waals surface area contributed by atoms with Gasteiger partial charge in [0.2, 0.25) is 0 Å². The van der Waals surface area contributed by atoms with E-state index in [1.165, 1.54) is 5.56 Å². The number of aryl methyl sites for hydroxylation is 1. The summed E-state index contributed by atoms with van der Waals surface area (Å²) < 4.78 is 11.2. The Balaban J connectivity index is 2.61. The Morgan fingerprint density at radius 1 is 1.26 bits per heavy atom. The Morgan fingerprint density at radius 3 is 2.58 bits per heavy atom. The number of benzene rings is 1. The first-order valence-electron chi connectivity index (χ1n) is 6.94. The van der Waals surface area contributed by atoms with Gasteiger partial charge in [0.05, 0.1) is 6.61 Å². The molecule has 0 saturated carbocycles. The Labute approximate surface area is 117 Å². The molecule has 0 fully saturated rings. The third kappa shape index (κ3) is 6.60. The molecule has 0 aliphatic carbocycles. The van der Waals surface area contributed by atoms with Gasteiger partial charge in [-0.3, -0.25) is 0 Å². The normalized spacial score (nSPS) is 13.3. The Hall–Kier alpha value is -1.06. The summed E-state index contributed by atoms with van der Waals surface area (Å²) >= 11 is 0. The van der Waals surface area contributed by atoms with Crippen molar-refractivity contribution in [2.45, 2.75) is 45.8 Å². The van der Waals surface area contributed by atoms with Crippen molar-refractivity contribution in [1.29, 1.82) is 0 Å². The van der Waals surface area contributed by atoms with Crippen LogP contribution in [0.3, 0.4) is 0 Å². The first kappa shape index (κ1) is 16.0. The van der Waals surface area contributed by atoms with Crippen LogP contribution < -0.4 is 10.1 Å². The van der Waals surface area contributed by atoms with Crippen LogP contribution in [0, 0.1) is 0 Å². The first-order chi connectivity index (χ1) is 8.94. The molecular formula is C16H27NO2. The molecule has 0 bridgehead atoms. The van der Waals surface area contributed by atoms with E-state index in [2.05, 4.69) is 45.1 Å². The van der Waals surface area contributed by atoms with Crippen molar-refractivity contribution in [3.63, 3.8) is 0 Å². The summed E-state index contributed by atoms with van der Waals surface area (Å²) in [5.41, 5.74) is 1.37. The van der Waals surface area contributed by atoms with Crippen LogP contribution in [-0.4, -0.2) is 31.9 Å².